The highest BCUT2D eigenvalue weighted by Gasteiger charge is 2.37. The first-order chi connectivity index (χ1) is 15.5. The van der Waals surface area contributed by atoms with Crippen molar-refractivity contribution in [1.29, 1.82) is 0 Å². The molecule has 1 unspecified atom stereocenters. The van der Waals surface area contributed by atoms with Crippen LogP contribution in [0.5, 0.6) is 5.75 Å². The molecule has 1 amide bonds. The third kappa shape index (κ3) is 8.73. The molecule has 15 heteroatoms. The van der Waals surface area contributed by atoms with Crippen LogP contribution in [0.4, 0.5) is 26.7 Å². The molecule has 2 N–H and O–H groups in total. The summed E-state index contributed by atoms with van der Waals surface area (Å²) < 4.78 is 101. The van der Waals surface area contributed by atoms with Crippen molar-refractivity contribution < 1.29 is 54.6 Å². The molecule has 1 aromatic rings. The van der Waals surface area contributed by atoms with Gasteiger partial charge in [0.05, 0.1) is 12.7 Å². The van der Waals surface area contributed by atoms with Gasteiger partial charge in [-0.05, 0) is 41.5 Å². The lowest BCUT2D eigenvalue weighted by atomic mass is 10.2. The van der Waals surface area contributed by atoms with Crippen molar-refractivity contribution in [3.05, 3.63) is 29.1 Å². The van der Waals surface area contributed by atoms with Crippen molar-refractivity contribution in [2.45, 2.75) is 59.3 Å². The first-order valence-corrected chi connectivity index (χ1v) is 11.4. The first-order valence-electron chi connectivity index (χ1n) is 9.88. The molecule has 1 aromatic carbocycles. The second kappa shape index (κ2) is 11.8. The van der Waals surface area contributed by atoms with E-state index < -0.39 is 79.0 Å². The fourth-order valence-electron chi connectivity index (χ4n) is 2.13. The minimum absolute atomic E-state index is 0.369. The fraction of sp³-hybridized carbons (Fsp3) is 0.579. The summed E-state index contributed by atoms with van der Waals surface area (Å²) in [6.07, 6.45) is -1.47. The standard InChI is InChI=1S/C19H26F5N2O7P/c1-9(2)31-17(27)10(3)26-34(29,30-8-7-25-18(28)32-19(4,5)6)33-16-14(23)12(21)11(20)13(22)15(16)24/h9-10H,7-8H2,1-6H3,(H,25,28)(H,26,29)/t10-,34?/m0/s1. The lowest BCUT2D eigenvalue weighted by Crippen LogP contribution is -2.37. The number of hydrogen-bond donors (Lipinski definition) is 2. The second-order valence-corrected chi connectivity index (χ2v) is 9.78. The molecule has 0 aromatic heterocycles. The maximum atomic E-state index is 14.0. The third-order valence-electron chi connectivity index (χ3n) is 3.47. The van der Waals surface area contributed by atoms with E-state index >= 15 is 0 Å². The Morgan fingerprint density at radius 3 is 1.91 bits per heavy atom. The number of ether oxygens (including phenoxy) is 2. The number of alkyl carbamates (subject to hydrolysis) is 1. The molecular weight excluding hydrogens is 494 g/mol. The van der Waals surface area contributed by atoms with Crippen LogP contribution < -0.4 is 14.9 Å². The number of hydrogen-bond acceptors (Lipinski definition) is 7. The van der Waals surface area contributed by atoms with Crippen LogP contribution in [0.15, 0.2) is 0 Å². The summed E-state index contributed by atoms with van der Waals surface area (Å²) in [5.74, 6) is -14.8. The van der Waals surface area contributed by atoms with Crippen LogP contribution in [0.25, 0.3) is 0 Å². The second-order valence-electron chi connectivity index (χ2n) is 8.09. The average Bonchev–Trinajstić information content (AvgIpc) is 2.70. The first kappa shape index (κ1) is 29.6. The Hall–Kier alpha value is -2.44. The number of benzene rings is 1. The van der Waals surface area contributed by atoms with Gasteiger partial charge < -0.3 is 19.3 Å². The van der Waals surface area contributed by atoms with Gasteiger partial charge >= 0.3 is 19.8 Å². The molecule has 0 aliphatic heterocycles. The van der Waals surface area contributed by atoms with Gasteiger partial charge in [-0.15, -0.1) is 0 Å². The maximum absolute atomic E-state index is 14.0. The van der Waals surface area contributed by atoms with E-state index in [0.29, 0.717) is 0 Å². The zero-order valence-corrected chi connectivity index (χ0v) is 20.2. The molecule has 0 heterocycles. The van der Waals surface area contributed by atoms with Crippen LogP contribution >= 0.6 is 7.75 Å². The number of halogens is 5. The van der Waals surface area contributed by atoms with Crippen LogP contribution in [0, 0.1) is 29.1 Å². The Morgan fingerprint density at radius 1 is 0.941 bits per heavy atom. The summed E-state index contributed by atoms with van der Waals surface area (Å²) >= 11 is 0. The van der Waals surface area contributed by atoms with E-state index in [9.17, 15) is 36.1 Å². The van der Waals surface area contributed by atoms with Gasteiger partial charge in [-0.1, -0.05) is 0 Å². The molecule has 2 atom stereocenters. The van der Waals surface area contributed by atoms with E-state index in [-0.39, 0.29) is 6.54 Å². The molecule has 34 heavy (non-hydrogen) atoms. The molecule has 1 rings (SSSR count). The highest BCUT2D eigenvalue weighted by molar-refractivity contribution is 7.52. The number of nitrogens with one attached hydrogen (secondary N) is 2. The van der Waals surface area contributed by atoms with Crippen molar-refractivity contribution in [1.82, 2.24) is 10.4 Å². The third-order valence-corrected chi connectivity index (χ3v) is 5.12. The molecular formula is C19H26F5N2O7P. The summed E-state index contributed by atoms with van der Waals surface area (Å²) in [6, 6.07) is -1.46. The van der Waals surface area contributed by atoms with Crippen molar-refractivity contribution >= 4 is 19.8 Å². The van der Waals surface area contributed by atoms with Crippen molar-refractivity contribution in [2.75, 3.05) is 13.2 Å². The Balaban J connectivity index is 3.11. The van der Waals surface area contributed by atoms with Gasteiger partial charge in [-0.2, -0.15) is 13.9 Å². The van der Waals surface area contributed by atoms with Gasteiger partial charge in [0.1, 0.15) is 11.6 Å². The topological polar surface area (TPSA) is 112 Å². The predicted octanol–water partition coefficient (Wildman–Crippen LogP) is 4.34. The van der Waals surface area contributed by atoms with Crippen LogP contribution in [0.3, 0.4) is 0 Å². The zero-order valence-electron chi connectivity index (χ0n) is 19.3. The molecule has 0 aliphatic carbocycles. The van der Waals surface area contributed by atoms with Crippen LogP contribution in [-0.4, -0.2) is 43.0 Å². The summed E-state index contributed by atoms with van der Waals surface area (Å²) in [6.45, 7) is 7.91. The Kier molecular flexibility index (Phi) is 10.3. The number of carbonyl (C=O) groups excluding carboxylic acids is 2. The average molecular weight is 520 g/mol. The van der Waals surface area contributed by atoms with Gasteiger partial charge in [0.15, 0.2) is 0 Å². The Labute approximate surface area is 192 Å². The van der Waals surface area contributed by atoms with Gasteiger partial charge in [0.2, 0.25) is 34.8 Å². The molecule has 194 valence electrons. The van der Waals surface area contributed by atoms with E-state index in [1.54, 1.807) is 20.8 Å². The number of carbonyl (C=O) groups is 2. The Morgan fingerprint density at radius 2 is 1.44 bits per heavy atom. The molecule has 0 spiro atoms. The molecule has 0 fully saturated rings. The normalized spacial score (nSPS) is 14.4. The van der Waals surface area contributed by atoms with Gasteiger partial charge in [-0.3, -0.25) is 9.32 Å². The number of esters is 1. The highest BCUT2D eigenvalue weighted by atomic mass is 31.2. The lowest BCUT2D eigenvalue weighted by molar-refractivity contribution is -0.149. The maximum Gasteiger partial charge on any atom is 0.459 e. The van der Waals surface area contributed by atoms with Crippen LogP contribution in [-0.2, 0) is 23.4 Å². The molecule has 0 saturated carbocycles. The zero-order chi connectivity index (χ0) is 26.4. The van der Waals surface area contributed by atoms with Gasteiger partial charge in [0.25, 0.3) is 0 Å². The lowest BCUT2D eigenvalue weighted by Gasteiger charge is -2.24. The molecule has 0 saturated heterocycles. The van der Waals surface area contributed by atoms with Gasteiger partial charge in [0, 0.05) is 6.54 Å². The van der Waals surface area contributed by atoms with Crippen molar-refractivity contribution in [3.63, 3.8) is 0 Å². The van der Waals surface area contributed by atoms with E-state index in [4.69, 9.17) is 14.0 Å². The van der Waals surface area contributed by atoms with Crippen LogP contribution in [0.2, 0.25) is 0 Å². The molecule has 0 radical (unpaired) electrons. The van der Waals surface area contributed by atoms with E-state index in [0.717, 1.165) is 6.92 Å². The van der Waals surface area contributed by atoms with Crippen molar-refractivity contribution in [2.24, 2.45) is 0 Å². The fourth-order valence-corrected chi connectivity index (χ4v) is 3.62. The van der Waals surface area contributed by atoms with E-state index in [2.05, 4.69) is 9.84 Å². The summed E-state index contributed by atoms with van der Waals surface area (Å²) in [7, 11) is -4.98. The quantitative estimate of drug-likeness (QED) is 0.117. The van der Waals surface area contributed by atoms with E-state index in [1.807, 2.05) is 5.09 Å². The SMILES string of the molecule is CC(C)OC(=O)[C@H](C)NP(=O)(OCCNC(=O)OC(C)(C)C)Oc1c(F)c(F)c(F)c(F)c1F. The smallest absolute Gasteiger partial charge is 0.459 e. The monoisotopic (exact) mass is 520 g/mol. The highest BCUT2D eigenvalue weighted by Crippen LogP contribution is 2.47. The van der Waals surface area contributed by atoms with E-state index in [1.165, 1.54) is 13.8 Å². The van der Waals surface area contributed by atoms with Gasteiger partial charge in [-0.25, -0.2) is 22.5 Å². The molecule has 0 aliphatic rings. The van der Waals surface area contributed by atoms with Crippen molar-refractivity contribution in [3.8, 4) is 5.75 Å². The summed E-state index contributed by atoms with van der Waals surface area (Å²) in [5.41, 5.74) is -0.830. The molecule has 0 bridgehead atoms. The minimum Gasteiger partial charge on any atom is -0.462 e. The number of amides is 1. The largest absolute Gasteiger partial charge is 0.462 e. The minimum atomic E-state index is -4.98. The summed E-state index contributed by atoms with van der Waals surface area (Å²) in [5, 5.41) is 4.23. The number of rotatable bonds is 10. The predicted molar refractivity (Wildman–Crippen MR) is 108 cm³/mol. The summed E-state index contributed by atoms with van der Waals surface area (Å²) in [4.78, 5) is 23.7. The molecule has 9 nitrogen and oxygen atoms in total. The Bertz CT molecular complexity index is 927. The van der Waals surface area contributed by atoms with Crippen LogP contribution in [0.1, 0.15) is 41.5 Å².